The molecule has 0 saturated heterocycles. The van der Waals surface area contributed by atoms with Crippen LogP contribution in [0.5, 0.6) is 0 Å². The molecule has 3 heteroatoms. The van der Waals surface area contributed by atoms with E-state index in [4.69, 9.17) is 5.11 Å². The van der Waals surface area contributed by atoms with E-state index in [1.54, 1.807) is 17.4 Å². The number of aryl methyl sites for hydroxylation is 1. The van der Waals surface area contributed by atoms with E-state index < -0.39 is 0 Å². The summed E-state index contributed by atoms with van der Waals surface area (Å²) in [5.74, 6) is 0. The molecule has 0 fully saturated rings. The smallest absolute Gasteiger partial charge is 0.0615 e. The van der Waals surface area contributed by atoms with Crippen LogP contribution in [0.4, 0.5) is 0 Å². The van der Waals surface area contributed by atoms with Crippen LogP contribution in [0.1, 0.15) is 9.75 Å². The first-order valence-corrected chi connectivity index (χ1v) is 4.88. The van der Waals surface area contributed by atoms with Crippen molar-refractivity contribution in [3.8, 4) is 0 Å². The van der Waals surface area contributed by atoms with Gasteiger partial charge in [-0.25, -0.2) is 0 Å². The number of hydrogen-bond donors (Lipinski definition) is 1. The van der Waals surface area contributed by atoms with Crippen molar-refractivity contribution in [3.05, 3.63) is 26.4 Å². The van der Waals surface area contributed by atoms with Gasteiger partial charge in [-0.05, 0) is 35.0 Å². The summed E-state index contributed by atoms with van der Waals surface area (Å²) in [6.07, 6.45) is 3.65. The molecule has 0 aliphatic rings. The third-order valence-electron chi connectivity index (χ3n) is 1.26. The van der Waals surface area contributed by atoms with Crippen molar-refractivity contribution in [3.63, 3.8) is 0 Å². The third-order valence-corrected chi connectivity index (χ3v) is 3.37. The highest BCUT2D eigenvalue weighted by atomic mass is 79.9. The first kappa shape index (κ1) is 8.97. The summed E-state index contributed by atoms with van der Waals surface area (Å²) in [5, 5.41) is 8.51. The Morgan fingerprint density at radius 2 is 2.45 bits per heavy atom. The molecule has 0 aliphatic carbocycles. The normalized spacial score (nSPS) is 11.2. The molecule has 1 nitrogen and oxygen atoms in total. The number of aliphatic hydroxyl groups is 1. The lowest BCUT2D eigenvalue weighted by molar-refractivity contribution is 0.343. The van der Waals surface area contributed by atoms with Crippen LogP contribution in [-0.4, -0.2) is 11.7 Å². The van der Waals surface area contributed by atoms with Gasteiger partial charge in [0.1, 0.15) is 0 Å². The van der Waals surface area contributed by atoms with Gasteiger partial charge in [0.2, 0.25) is 0 Å². The van der Waals surface area contributed by atoms with Crippen molar-refractivity contribution in [2.24, 2.45) is 0 Å². The molecule has 1 aromatic rings. The largest absolute Gasteiger partial charge is 0.392 e. The maximum atomic E-state index is 8.51. The second kappa shape index (κ2) is 4.04. The first-order valence-electron chi connectivity index (χ1n) is 3.27. The molecular weight excluding hydrogens is 224 g/mol. The lowest BCUT2D eigenvalue weighted by Gasteiger charge is -1.80. The van der Waals surface area contributed by atoms with Gasteiger partial charge in [-0.1, -0.05) is 6.08 Å². The molecule has 0 aromatic carbocycles. The van der Waals surface area contributed by atoms with Crippen molar-refractivity contribution in [1.29, 1.82) is 0 Å². The fraction of sp³-hybridized carbons (Fsp3) is 0.250. The van der Waals surface area contributed by atoms with E-state index >= 15 is 0 Å². The van der Waals surface area contributed by atoms with Crippen LogP contribution in [0.3, 0.4) is 0 Å². The van der Waals surface area contributed by atoms with Crippen LogP contribution in [0, 0.1) is 6.92 Å². The summed E-state index contributed by atoms with van der Waals surface area (Å²) in [5.41, 5.74) is 0. The molecule has 1 N–H and O–H groups in total. The minimum absolute atomic E-state index is 0.106. The molecule has 0 amide bonds. The van der Waals surface area contributed by atoms with Crippen LogP contribution in [0.2, 0.25) is 0 Å². The highest BCUT2D eigenvalue weighted by Gasteiger charge is 1.98. The highest BCUT2D eigenvalue weighted by molar-refractivity contribution is 9.10. The van der Waals surface area contributed by atoms with E-state index in [0.717, 1.165) is 4.47 Å². The third kappa shape index (κ3) is 2.43. The molecular formula is C8H9BrOS. The van der Waals surface area contributed by atoms with Gasteiger partial charge in [-0.15, -0.1) is 11.3 Å². The van der Waals surface area contributed by atoms with Gasteiger partial charge in [0.25, 0.3) is 0 Å². The quantitative estimate of drug-likeness (QED) is 0.832. The van der Waals surface area contributed by atoms with Gasteiger partial charge in [0.15, 0.2) is 0 Å². The highest BCUT2D eigenvalue weighted by Crippen LogP contribution is 2.26. The molecule has 0 radical (unpaired) electrons. The fourth-order valence-electron chi connectivity index (χ4n) is 0.733. The fourth-order valence-corrected chi connectivity index (χ4v) is 2.22. The van der Waals surface area contributed by atoms with Crippen molar-refractivity contribution in [1.82, 2.24) is 0 Å². The van der Waals surface area contributed by atoms with Crippen LogP contribution in [0.15, 0.2) is 16.6 Å². The Bertz CT molecular complexity index is 246. The van der Waals surface area contributed by atoms with Crippen LogP contribution in [0.25, 0.3) is 6.08 Å². The number of thiophene rings is 1. The Balaban J connectivity index is 2.80. The van der Waals surface area contributed by atoms with Crippen molar-refractivity contribution < 1.29 is 5.11 Å². The number of hydrogen-bond acceptors (Lipinski definition) is 2. The molecule has 0 bridgehead atoms. The first-order chi connectivity index (χ1) is 5.24. The van der Waals surface area contributed by atoms with Crippen molar-refractivity contribution >= 4 is 33.3 Å². The molecule has 1 heterocycles. The molecule has 11 heavy (non-hydrogen) atoms. The van der Waals surface area contributed by atoms with E-state index in [9.17, 15) is 0 Å². The van der Waals surface area contributed by atoms with E-state index in [1.165, 1.54) is 9.75 Å². The van der Waals surface area contributed by atoms with E-state index in [1.807, 2.05) is 12.1 Å². The van der Waals surface area contributed by atoms with E-state index in [0.29, 0.717) is 0 Å². The lowest BCUT2D eigenvalue weighted by Crippen LogP contribution is -1.68. The molecule has 1 rings (SSSR count). The second-order valence-corrected chi connectivity index (χ2v) is 4.28. The van der Waals surface area contributed by atoms with Gasteiger partial charge in [-0.3, -0.25) is 0 Å². The van der Waals surface area contributed by atoms with Gasteiger partial charge in [0.05, 0.1) is 6.61 Å². The van der Waals surface area contributed by atoms with Crippen molar-refractivity contribution in [2.75, 3.05) is 6.61 Å². The average molecular weight is 233 g/mol. The Labute approximate surface area is 78.5 Å². The van der Waals surface area contributed by atoms with Crippen LogP contribution >= 0.6 is 27.3 Å². The minimum Gasteiger partial charge on any atom is -0.392 e. The molecule has 0 atom stereocenters. The summed E-state index contributed by atoms with van der Waals surface area (Å²) >= 11 is 5.13. The summed E-state index contributed by atoms with van der Waals surface area (Å²) < 4.78 is 1.14. The Hall–Kier alpha value is -0.120. The van der Waals surface area contributed by atoms with Crippen LogP contribution < -0.4 is 0 Å². The standard InChI is InChI=1S/C8H9BrOS/c1-6-8(9)5-7(11-6)3-2-4-10/h2-3,5,10H,4H2,1H3/b3-2+. The predicted octanol–water partition coefficient (Wildman–Crippen LogP) is 2.82. The topological polar surface area (TPSA) is 20.2 Å². The molecule has 0 aliphatic heterocycles. The zero-order valence-corrected chi connectivity index (χ0v) is 8.58. The zero-order valence-electron chi connectivity index (χ0n) is 6.17. The zero-order chi connectivity index (χ0) is 8.27. The molecule has 60 valence electrons. The Kier molecular flexibility index (Phi) is 3.30. The van der Waals surface area contributed by atoms with E-state index in [-0.39, 0.29) is 6.61 Å². The molecule has 0 unspecified atom stereocenters. The van der Waals surface area contributed by atoms with Crippen LogP contribution in [-0.2, 0) is 0 Å². The van der Waals surface area contributed by atoms with Gasteiger partial charge in [0, 0.05) is 14.2 Å². The number of rotatable bonds is 2. The van der Waals surface area contributed by atoms with Gasteiger partial charge >= 0.3 is 0 Å². The van der Waals surface area contributed by atoms with E-state index in [2.05, 4.69) is 22.9 Å². The Morgan fingerprint density at radius 3 is 2.91 bits per heavy atom. The monoisotopic (exact) mass is 232 g/mol. The summed E-state index contributed by atoms with van der Waals surface area (Å²) in [4.78, 5) is 2.44. The summed E-state index contributed by atoms with van der Waals surface area (Å²) in [6.45, 7) is 2.17. The SMILES string of the molecule is Cc1sc(/C=C/CO)cc1Br. The lowest BCUT2D eigenvalue weighted by atomic mass is 10.4. The summed E-state index contributed by atoms with van der Waals surface area (Å²) in [6, 6.07) is 2.05. The number of aliphatic hydroxyl groups excluding tert-OH is 1. The molecule has 0 saturated carbocycles. The number of halogens is 1. The minimum atomic E-state index is 0.106. The van der Waals surface area contributed by atoms with Crippen molar-refractivity contribution in [2.45, 2.75) is 6.92 Å². The molecule has 1 aromatic heterocycles. The summed E-state index contributed by atoms with van der Waals surface area (Å²) in [7, 11) is 0. The Morgan fingerprint density at radius 1 is 1.73 bits per heavy atom. The predicted molar refractivity (Wildman–Crippen MR) is 52.9 cm³/mol. The van der Waals surface area contributed by atoms with Gasteiger partial charge < -0.3 is 5.11 Å². The average Bonchev–Trinajstić information content (AvgIpc) is 2.28. The maximum absolute atomic E-state index is 8.51. The maximum Gasteiger partial charge on any atom is 0.0615 e. The van der Waals surface area contributed by atoms with Gasteiger partial charge in [-0.2, -0.15) is 0 Å². The molecule has 0 spiro atoms. The second-order valence-electron chi connectivity index (χ2n) is 2.14.